The molecule has 3 amide bonds. The number of hydrogen-bond acceptors (Lipinski definition) is 6. The summed E-state index contributed by atoms with van der Waals surface area (Å²) in [5.41, 5.74) is -0.490. The molecule has 23 heavy (non-hydrogen) atoms. The molecule has 0 rings (SSSR count). The second-order valence-corrected chi connectivity index (χ2v) is 6.98. The molecule has 0 saturated heterocycles. The molecule has 1 unspecified atom stereocenters. The van der Waals surface area contributed by atoms with Gasteiger partial charge in [-0.2, -0.15) is 0 Å². The Morgan fingerprint density at radius 3 is 1.83 bits per heavy atom. The van der Waals surface area contributed by atoms with Crippen molar-refractivity contribution in [1.29, 1.82) is 0 Å². The zero-order valence-electron chi connectivity index (χ0n) is 14.5. The third-order valence-electron chi connectivity index (χ3n) is 2.66. The van der Waals surface area contributed by atoms with Gasteiger partial charge in [-0.1, -0.05) is 17.2 Å². The highest BCUT2D eigenvalue weighted by molar-refractivity contribution is 6.62. The lowest BCUT2D eigenvalue weighted by molar-refractivity contribution is 0.0585. The molecular weight excluding hydrogens is 322 g/mol. The monoisotopic (exact) mass is 349 g/mol. The predicted molar refractivity (Wildman–Crippen MR) is 85.1 cm³/mol. The van der Waals surface area contributed by atoms with Crippen molar-refractivity contribution in [2.75, 3.05) is 26.4 Å². The van der Waals surface area contributed by atoms with Crippen molar-refractivity contribution in [2.45, 2.75) is 46.7 Å². The van der Waals surface area contributed by atoms with Crippen LogP contribution in [0.15, 0.2) is 10.2 Å². The SMILES string of the molecule is CCOC(=O)/N=N/C(=O)NC(CC)[Si](OCC)(OCC)OCC. The smallest absolute Gasteiger partial charge is 0.447 e. The Bertz CT molecular complexity index is 377. The van der Waals surface area contributed by atoms with E-state index in [9.17, 15) is 9.59 Å². The minimum atomic E-state index is -3.11. The first-order valence-corrected chi connectivity index (χ1v) is 9.60. The summed E-state index contributed by atoms with van der Waals surface area (Å²) in [6.45, 7) is 10.3. The van der Waals surface area contributed by atoms with Crippen molar-refractivity contribution in [3.8, 4) is 0 Å². The zero-order valence-corrected chi connectivity index (χ0v) is 15.5. The molecule has 0 aromatic rings. The average molecular weight is 349 g/mol. The fourth-order valence-electron chi connectivity index (χ4n) is 1.89. The van der Waals surface area contributed by atoms with E-state index in [2.05, 4.69) is 20.3 Å². The van der Waals surface area contributed by atoms with Gasteiger partial charge in [0, 0.05) is 19.8 Å². The van der Waals surface area contributed by atoms with Crippen LogP contribution >= 0.6 is 0 Å². The molecule has 0 spiro atoms. The van der Waals surface area contributed by atoms with E-state index in [0.29, 0.717) is 26.2 Å². The van der Waals surface area contributed by atoms with Crippen LogP contribution in [0.3, 0.4) is 0 Å². The summed E-state index contributed by atoms with van der Waals surface area (Å²) in [6, 6.07) is -0.777. The zero-order chi connectivity index (χ0) is 17.7. The molecule has 0 radical (unpaired) electrons. The number of azo groups is 1. The Labute approximate surface area is 138 Å². The highest BCUT2D eigenvalue weighted by Gasteiger charge is 2.49. The van der Waals surface area contributed by atoms with Crippen LogP contribution in [0, 0.1) is 0 Å². The number of rotatable bonds is 10. The maximum absolute atomic E-state index is 11.9. The number of carbonyl (C=O) groups is 2. The summed E-state index contributed by atoms with van der Waals surface area (Å²) in [5, 5.41) is 9.09. The van der Waals surface area contributed by atoms with Gasteiger partial charge in [-0.3, -0.25) is 0 Å². The van der Waals surface area contributed by atoms with Gasteiger partial charge in [-0.15, -0.1) is 0 Å². The number of nitrogens with one attached hydrogen (secondary N) is 1. The third-order valence-corrected chi connectivity index (χ3v) is 6.14. The first-order chi connectivity index (χ1) is 11.0. The van der Waals surface area contributed by atoms with Crippen LogP contribution in [-0.4, -0.2) is 53.0 Å². The van der Waals surface area contributed by atoms with Crippen molar-refractivity contribution >= 4 is 20.9 Å². The lowest BCUT2D eigenvalue weighted by atomic mass is 10.5. The van der Waals surface area contributed by atoms with Crippen molar-refractivity contribution < 1.29 is 27.6 Å². The third kappa shape index (κ3) is 7.64. The molecule has 1 atom stereocenters. The van der Waals surface area contributed by atoms with E-state index in [-0.39, 0.29) is 6.61 Å². The fraction of sp³-hybridized carbons (Fsp3) is 0.846. The highest BCUT2D eigenvalue weighted by Crippen LogP contribution is 2.18. The Morgan fingerprint density at radius 1 is 0.913 bits per heavy atom. The van der Waals surface area contributed by atoms with Crippen LogP contribution in [0.2, 0.25) is 0 Å². The summed E-state index contributed by atoms with van der Waals surface area (Å²) in [6.07, 6.45) is -0.397. The van der Waals surface area contributed by atoms with Gasteiger partial charge in [0.25, 0.3) is 0 Å². The summed E-state index contributed by atoms with van der Waals surface area (Å²) in [4.78, 5) is 22.9. The number of ether oxygens (including phenoxy) is 1. The van der Waals surface area contributed by atoms with Gasteiger partial charge in [0.2, 0.25) is 0 Å². The van der Waals surface area contributed by atoms with Gasteiger partial charge in [0.15, 0.2) is 0 Å². The van der Waals surface area contributed by atoms with E-state index in [1.807, 2.05) is 27.7 Å². The van der Waals surface area contributed by atoms with Gasteiger partial charge in [0.1, 0.15) is 5.67 Å². The minimum Gasteiger partial charge on any atom is -0.447 e. The highest BCUT2D eigenvalue weighted by atomic mass is 28.4. The summed E-state index contributed by atoms with van der Waals surface area (Å²) < 4.78 is 21.8. The summed E-state index contributed by atoms with van der Waals surface area (Å²) in [5.74, 6) is 0. The van der Waals surface area contributed by atoms with Crippen LogP contribution in [0.5, 0.6) is 0 Å². The van der Waals surface area contributed by atoms with Gasteiger partial charge in [-0.25, -0.2) is 9.59 Å². The molecule has 0 saturated carbocycles. The Kier molecular flexibility index (Phi) is 11.4. The maximum atomic E-state index is 11.9. The molecule has 0 aromatic heterocycles. The van der Waals surface area contributed by atoms with E-state index in [4.69, 9.17) is 13.3 Å². The van der Waals surface area contributed by atoms with Crippen LogP contribution in [0.4, 0.5) is 9.59 Å². The standard InChI is InChI=1S/C13H27N3O6Si/c1-6-11(14-12(17)15-16-13(18)19-7-2)23(20-8-3,21-9-4)22-10-5/h11H,6-10H2,1-5H3,(H,14,17)/b16-15+. The van der Waals surface area contributed by atoms with E-state index < -0.39 is 26.6 Å². The molecule has 0 bridgehead atoms. The van der Waals surface area contributed by atoms with Gasteiger partial charge >= 0.3 is 20.9 Å². The van der Waals surface area contributed by atoms with E-state index in [0.717, 1.165) is 0 Å². The maximum Gasteiger partial charge on any atom is 0.524 e. The molecule has 10 heteroatoms. The lowest BCUT2D eigenvalue weighted by Crippen LogP contribution is -2.62. The Hall–Kier alpha value is -1.36. The molecule has 0 aromatic carbocycles. The molecule has 1 N–H and O–H groups in total. The fourth-order valence-corrected chi connectivity index (χ4v) is 4.75. The van der Waals surface area contributed by atoms with Gasteiger partial charge in [-0.05, 0) is 34.1 Å². The molecule has 9 nitrogen and oxygen atoms in total. The molecular formula is C13H27N3O6Si. The number of amides is 3. The number of urea groups is 1. The molecule has 134 valence electrons. The largest absolute Gasteiger partial charge is 0.524 e. The van der Waals surface area contributed by atoms with Gasteiger partial charge < -0.3 is 23.3 Å². The van der Waals surface area contributed by atoms with Crippen LogP contribution in [-0.2, 0) is 18.0 Å². The molecule has 0 fully saturated rings. The van der Waals surface area contributed by atoms with Gasteiger partial charge in [0.05, 0.1) is 6.61 Å². The first-order valence-electron chi connectivity index (χ1n) is 7.80. The Morgan fingerprint density at radius 2 is 1.43 bits per heavy atom. The summed E-state index contributed by atoms with van der Waals surface area (Å²) >= 11 is 0. The topological polar surface area (TPSA) is 108 Å². The van der Waals surface area contributed by atoms with Crippen molar-refractivity contribution in [3.05, 3.63) is 0 Å². The van der Waals surface area contributed by atoms with Crippen molar-refractivity contribution in [2.24, 2.45) is 10.2 Å². The van der Waals surface area contributed by atoms with E-state index >= 15 is 0 Å². The molecule has 0 heterocycles. The van der Waals surface area contributed by atoms with Crippen LogP contribution < -0.4 is 5.32 Å². The lowest BCUT2D eigenvalue weighted by Gasteiger charge is -2.34. The quantitative estimate of drug-likeness (QED) is 0.480. The number of hydrogen-bond donors (Lipinski definition) is 1. The Balaban J connectivity index is 5.04. The average Bonchev–Trinajstić information content (AvgIpc) is 2.51. The predicted octanol–water partition coefficient (Wildman–Crippen LogP) is 2.67. The van der Waals surface area contributed by atoms with Crippen molar-refractivity contribution in [3.63, 3.8) is 0 Å². The van der Waals surface area contributed by atoms with E-state index in [1.54, 1.807) is 6.92 Å². The number of carbonyl (C=O) groups excluding carboxylic acids is 2. The van der Waals surface area contributed by atoms with Crippen LogP contribution in [0.1, 0.15) is 41.0 Å². The van der Waals surface area contributed by atoms with E-state index in [1.165, 1.54) is 0 Å². The number of nitrogens with zero attached hydrogens (tertiary/aromatic N) is 2. The molecule has 0 aliphatic heterocycles. The molecule has 0 aliphatic rings. The minimum absolute atomic E-state index is 0.159. The normalized spacial score (nSPS) is 13.1. The van der Waals surface area contributed by atoms with Crippen molar-refractivity contribution in [1.82, 2.24) is 5.32 Å². The molecule has 0 aliphatic carbocycles. The summed E-state index contributed by atoms with van der Waals surface area (Å²) in [7, 11) is -3.11. The second kappa shape index (κ2) is 12.1. The van der Waals surface area contributed by atoms with Crippen LogP contribution in [0.25, 0.3) is 0 Å². The first kappa shape index (κ1) is 21.6. The second-order valence-electron chi connectivity index (χ2n) is 4.21.